The van der Waals surface area contributed by atoms with Gasteiger partial charge in [-0.3, -0.25) is 19.2 Å². The molecule has 1 aliphatic carbocycles. The molecule has 45 heavy (non-hydrogen) atoms. The number of halogens is 1. The molecule has 3 heterocycles. The molecule has 4 amide bonds. The molecule has 1 saturated carbocycles. The van der Waals surface area contributed by atoms with Crippen LogP contribution in [0.25, 0.3) is 11.0 Å². The molecule has 2 N–H and O–H groups in total. The highest BCUT2D eigenvalue weighted by molar-refractivity contribution is 6.30. The van der Waals surface area contributed by atoms with Gasteiger partial charge >= 0.3 is 0 Å². The normalized spacial score (nSPS) is 18.3. The zero-order valence-electron chi connectivity index (χ0n) is 26.1. The van der Waals surface area contributed by atoms with Crippen molar-refractivity contribution in [3.05, 3.63) is 52.9 Å². The van der Waals surface area contributed by atoms with E-state index >= 15 is 0 Å². The van der Waals surface area contributed by atoms with Crippen LogP contribution in [0, 0.1) is 11.8 Å². The maximum Gasteiger partial charge on any atom is 0.294 e. The average Bonchev–Trinajstić information content (AvgIpc) is 3.69. The lowest BCUT2D eigenvalue weighted by molar-refractivity contribution is -0.136. The van der Waals surface area contributed by atoms with Crippen molar-refractivity contribution in [3.63, 3.8) is 0 Å². The van der Waals surface area contributed by atoms with E-state index in [0.717, 1.165) is 38.0 Å². The maximum atomic E-state index is 13.6. The molecular weight excluding hydrogens is 596 g/mol. The molecule has 1 saturated heterocycles. The van der Waals surface area contributed by atoms with Crippen LogP contribution in [0.1, 0.15) is 54.6 Å². The predicted octanol–water partition coefficient (Wildman–Crippen LogP) is 4.66. The number of amides is 4. The Hall–Kier alpha value is -3.96. The van der Waals surface area contributed by atoms with Gasteiger partial charge in [0.25, 0.3) is 5.91 Å². The predicted molar refractivity (Wildman–Crippen MR) is 173 cm³/mol. The van der Waals surface area contributed by atoms with Crippen LogP contribution in [-0.2, 0) is 20.8 Å². The van der Waals surface area contributed by atoms with Gasteiger partial charge in [-0.25, -0.2) is 4.98 Å². The fraction of sp³-hybridized carbons (Fsp3) is 0.485. The molecule has 0 unspecified atom stereocenters. The highest BCUT2D eigenvalue weighted by Crippen LogP contribution is 2.36. The summed E-state index contributed by atoms with van der Waals surface area (Å²) in [5, 5.41) is 6.64. The zero-order chi connectivity index (χ0) is 32.1. The molecule has 5 rings (SSSR count). The van der Waals surface area contributed by atoms with Crippen molar-refractivity contribution in [1.82, 2.24) is 19.7 Å². The van der Waals surface area contributed by atoms with E-state index < -0.39 is 5.91 Å². The number of hydrogen-bond donors (Lipinski definition) is 2. The van der Waals surface area contributed by atoms with Crippen LogP contribution in [-0.4, -0.2) is 90.6 Å². The monoisotopic (exact) mass is 636 g/mol. The minimum Gasteiger partial charge on any atom is -0.449 e. The Kier molecular flexibility index (Phi) is 10.4. The fourth-order valence-electron chi connectivity index (χ4n) is 5.97. The number of fused-ring (bicyclic) bond motifs is 1. The van der Waals surface area contributed by atoms with Crippen LogP contribution in [0.4, 0.5) is 11.5 Å². The topological polar surface area (TPSA) is 128 Å². The summed E-state index contributed by atoms with van der Waals surface area (Å²) in [5.74, 6) is -0.804. The van der Waals surface area contributed by atoms with Crippen molar-refractivity contribution >= 4 is 57.7 Å². The van der Waals surface area contributed by atoms with Gasteiger partial charge in [-0.05, 0) is 82.4 Å². The molecule has 11 nitrogen and oxygen atoms in total. The van der Waals surface area contributed by atoms with Crippen LogP contribution >= 0.6 is 11.6 Å². The highest BCUT2D eigenvalue weighted by atomic mass is 35.5. The lowest BCUT2D eigenvalue weighted by Gasteiger charge is -2.29. The fourth-order valence-corrected chi connectivity index (χ4v) is 6.08. The Morgan fingerprint density at radius 3 is 2.33 bits per heavy atom. The Balaban J connectivity index is 1.35. The summed E-state index contributed by atoms with van der Waals surface area (Å²) in [6.07, 6.45) is 6.16. The van der Waals surface area contributed by atoms with Gasteiger partial charge < -0.3 is 29.8 Å². The molecule has 2 fully saturated rings. The van der Waals surface area contributed by atoms with Crippen LogP contribution in [0.5, 0.6) is 0 Å². The second-order valence-corrected chi connectivity index (χ2v) is 12.8. The first-order valence-corrected chi connectivity index (χ1v) is 15.9. The molecule has 240 valence electrons. The van der Waals surface area contributed by atoms with Crippen molar-refractivity contribution in [3.8, 4) is 0 Å². The largest absolute Gasteiger partial charge is 0.449 e. The summed E-state index contributed by atoms with van der Waals surface area (Å²) >= 11 is 5.94. The molecule has 1 aromatic carbocycles. The molecular formula is C33H41ClN6O5. The number of likely N-dealkylation sites (tertiary alicyclic amines) is 1. The number of furan rings is 1. The third-order valence-electron chi connectivity index (χ3n) is 8.70. The summed E-state index contributed by atoms with van der Waals surface area (Å²) < 4.78 is 5.99. The number of benzene rings is 1. The molecule has 0 radical (unpaired) electrons. The maximum absolute atomic E-state index is 13.6. The summed E-state index contributed by atoms with van der Waals surface area (Å²) in [5.41, 5.74) is 1.37. The Morgan fingerprint density at radius 2 is 1.67 bits per heavy atom. The minimum absolute atomic E-state index is 0.0442. The number of aromatic nitrogens is 1. The third-order valence-corrected chi connectivity index (χ3v) is 8.93. The van der Waals surface area contributed by atoms with E-state index in [1.54, 1.807) is 42.3 Å². The smallest absolute Gasteiger partial charge is 0.294 e. The van der Waals surface area contributed by atoms with E-state index in [0.29, 0.717) is 48.2 Å². The van der Waals surface area contributed by atoms with Crippen LogP contribution in [0.3, 0.4) is 0 Å². The van der Waals surface area contributed by atoms with E-state index in [2.05, 4.69) is 15.6 Å². The SMILES string of the molecule is CN(C)CCN(C)C(=O)Cc1ccc2oc(C(=O)Nc3ccc(Cl)cn3)c(NC(=O)C3CCC(C(=O)N4CCCC4)CC3)c2c1. The molecule has 3 aromatic rings. The molecule has 0 spiro atoms. The number of rotatable bonds is 10. The van der Waals surface area contributed by atoms with Gasteiger partial charge in [0.15, 0.2) is 0 Å². The second kappa shape index (κ2) is 14.4. The number of nitrogens with zero attached hydrogens (tertiary/aromatic N) is 4. The Bertz CT molecular complexity index is 1540. The number of hydrogen-bond acceptors (Lipinski definition) is 7. The number of carbonyl (C=O) groups excluding carboxylic acids is 4. The minimum atomic E-state index is -0.586. The van der Waals surface area contributed by atoms with Crippen LogP contribution in [0.2, 0.25) is 5.02 Å². The van der Waals surface area contributed by atoms with Crippen molar-refractivity contribution in [2.75, 3.05) is 58.0 Å². The van der Waals surface area contributed by atoms with Crippen LogP contribution in [0.15, 0.2) is 40.9 Å². The van der Waals surface area contributed by atoms with E-state index in [-0.39, 0.29) is 53.2 Å². The summed E-state index contributed by atoms with van der Waals surface area (Å²) in [4.78, 5) is 62.7. The molecule has 1 aliphatic heterocycles. The molecule has 12 heteroatoms. The Morgan fingerprint density at radius 1 is 0.956 bits per heavy atom. The average molecular weight is 637 g/mol. The highest BCUT2D eigenvalue weighted by Gasteiger charge is 2.34. The molecule has 2 aromatic heterocycles. The lowest BCUT2D eigenvalue weighted by Crippen LogP contribution is -2.37. The van der Waals surface area contributed by atoms with Crippen molar-refractivity contribution in [2.45, 2.75) is 44.9 Å². The lowest BCUT2D eigenvalue weighted by atomic mass is 9.81. The quantitative estimate of drug-likeness (QED) is 0.331. The first-order valence-electron chi connectivity index (χ1n) is 15.6. The first-order chi connectivity index (χ1) is 21.6. The van der Waals surface area contributed by atoms with Gasteiger partial charge in [-0.1, -0.05) is 17.7 Å². The number of carbonyl (C=O) groups is 4. The van der Waals surface area contributed by atoms with Gasteiger partial charge in [0.2, 0.25) is 23.5 Å². The van der Waals surface area contributed by atoms with E-state index in [4.69, 9.17) is 16.0 Å². The first kappa shape index (κ1) is 32.4. The van der Waals surface area contributed by atoms with Gasteiger partial charge in [0.1, 0.15) is 17.1 Å². The molecule has 2 aliphatic rings. The summed E-state index contributed by atoms with van der Waals surface area (Å²) in [6, 6.07) is 8.46. The van der Waals surface area contributed by atoms with Crippen molar-refractivity contribution in [1.29, 1.82) is 0 Å². The third kappa shape index (κ3) is 8.01. The van der Waals surface area contributed by atoms with Crippen LogP contribution < -0.4 is 10.6 Å². The zero-order valence-corrected chi connectivity index (χ0v) is 26.9. The Labute approximate surface area is 268 Å². The van der Waals surface area contributed by atoms with Gasteiger partial charge in [-0.2, -0.15) is 0 Å². The summed E-state index contributed by atoms with van der Waals surface area (Å²) in [7, 11) is 5.68. The number of nitrogens with one attached hydrogen (secondary N) is 2. The van der Waals surface area contributed by atoms with E-state index in [1.165, 1.54) is 6.20 Å². The van der Waals surface area contributed by atoms with Gasteiger partial charge in [-0.15, -0.1) is 0 Å². The summed E-state index contributed by atoms with van der Waals surface area (Å²) in [6.45, 7) is 2.98. The van der Waals surface area contributed by atoms with Gasteiger partial charge in [0, 0.05) is 56.6 Å². The number of anilines is 2. The van der Waals surface area contributed by atoms with Crippen molar-refractivity contribution < 1.29 is 23.6 Å². The molecule has 0 atom stereocenters. The molecule has 0 bridgehead atoms. The van der Waals surface area contributed by atoms with E-state index in [1.807, 2.05) is 23.9 Å². The second-order valence-electron chi connectivity index (χ2n) is 12.3. The van der Waals surface area contributed by atoms with Gasteiger partial charge in [0.05, 0.1) is 11.4 Å². The number of likely N-dealkylation sites (N-methyl/N-ethyl adjacent to an activating group) is 2. The van der Waals surface area contributed by atoms with E-state index in [9.17, 15) is 19.2 Å². The number of pyridine rings is 1. The van der Waals surface area contributed by atoms with Crippen molar-refractivity contribution in [2.24, 2.45) is 11.8 Å². The standard InChI is InChI=1S/C33H41ClN6O5/c1-38(2)16-17-39(3)28(41)19-21-6-12-26-25(18-21)29(30(45-26)32(43)36-27-13-11-24(34)20-35-27)37-31(42)22-7-9-23(10-8-22)33(44)40-14-4-5-15-40/h6,11-13,18,20,22-23H,4-5,7-10,14-17,19H2,1-3H3,(H,37,42)(H,35,36,43).